The smallest absolute Gasteiger partial charge is 0.214 e. The van der Waals surface area contributed by atoms with Gasteiger partial charge in [0.05, 0.1) is 33.9 Å². The van der Waals surface area contributed by atoms with Gasteiger partial charge in [-0.15, -0.1) is 0 Å². The number of halogens is 3. The number of aromatic amines is 1. The van der Waals surface area contributed by atoms with Gasteiger partial charge in [-0.3, -0.25) is 0 Å². The van der Waals surface area contributed by atoms with Crippen molar-refractivity contribution in [1.82, 2.24) is 19.9 Å². The van der Waals surface area contributed by atoms with Gasteiger partial charge in [0, 0.05) is 17.7 Å². The Morgan fingerprint density at radius 1 is 1.17 bits per heavy atom. The summed E-state index contributed by atoms with van der Waals surface area (Å²) in [7, 11) is 2.19. The summed E-state index contributed by atoms with van der Waals surface area (Å²) in [6, 6.07) is 4.57. The van der Waals surface area contributed by atoms with Gasteiger partial charge in [0.15, 0.2) is 0 Å². The third kappa shape index (κ3) is 5.05. The maximum Gasteiger partial charge on any atom is 0.214 e. The first-order chi connectivity index (χ1) is 14.5. The predicted octanol–water partition coefficient (Wildman–Crippen LogP) is 5.96. The molecule has 1 aliphatic rings. The maximum absolute atomic E-state index is 13.7. The van der Waals surface area contributed by atoms with Crippen LogP contribution in [0.25, 0.3) is 22.4 Å². The lowest BCUT2D eigenvalue weighted by Gasteiger charge is -2.28. The molecule has 2 aromatic heterocycles. The first-order valence-corrected chi connectivity index (χ1v) is 11.1. The number of imidazole rings is 1. The number of rotatable bonds is 7. The molecule has 30 heavy (non-hydrogen) atoms. The van der Waals surface area contributed by atoms with E-state index in [4.69, 9.17) is 27.9 Å². The number of aromatic nitrogens is 3. The van der Waals surface area contributed by atoms with E-state index in [0.717, 1.165) is 18.8 Å². The Kier molecular flexibility index (Phi) is 6.76. The lowest BCUT2D eigenvalue weighted by molar-refractivity contribution is 0.205. The molecule has 0 amide bonds. The molecule has 0 saturated carbocycles. The quantitative estimate of drug-likeness (QED) is 0.451. The summed E-state index contributed by atoms with van der Waals surface area (Å²) in [5, 5.41) is 0.473. The van der Waals surface area contributed by atoms with Gasteiger partial charge in [-0.25, -0.2) is 14.4 Å². The van der Waals surface area contributed by atoms with Crippen molar-refractivity contribution in [1.29, 1.82) is 0 Å². The average Bonchev–Trinajstić information content (AvgIpc) is 3.13. The second-order valence-electron chi connectivity index (χ2n) is 7.96. The number of unbranched alkanes of at least 4 members (excludes halogenated alkanes) is 1. The molecule has 0 atom stereocenters. The van der Waals surface area contributed by atoms with Crippen LogP contribution in [0.5, 0.6) is 5.88 Å². The minimum atomic E-state index is -0.496. The van der Waals surface area contributed by atoms with Crippen LogP contribution in [0.3, 0.4) is 0 Å². The van der Waals surface area contributed by atoms with E-state index in [0.29, 0.717) is 39.9 Å². The highest BCUT2D eigenvalue weighted by Gasteiger charge is 2.16. The highest BCUT2D eigenvalue weighted by molar-refractivity contribution is 6.33. The Labute approximate surface area is 185 Å². The van der Waals surface area contributed by atoms with Crippen molar-refractivity contribution in [3.05, 3.63) is 40.3 Å². The number of benzene rings is 1. The molecular weight excluding hydrogens is 426 g/mol. The summed E-state index contributed by atoms with van der Waals surface area (Å²) >= 11 is 12.2. The number of hydrogen-bond donors (Lipinski definition) is 1. The molecule has 1 N–H and O–H groups in total. The first-order valence-electron chi connectivity index (χ1n) is 10.3. The molecule has 5 nitrogen and oxygen atoms in total. The lowest BCUT2D eigenvalue weighted by Crippen LogP contribution is -2.30. The number of pyridine rings is 1. The fourth-order valence-corrected chi connectivity index (χ4v) is 4.23. The van der Waals surface area contributed by atoms with E-state index in [1.807, 2.05) is 0 Å². The second kappa shape index (κ2) is 9.50. The zero-order valence-electron chi connectivity index (χ0n) is 16.9. The molecule has 3 heterocycles. The summed E-state index contributed by atoms with van der Waals surface area (Å²) in [4.78, 5) is 14.2. The lowest BCUT2D eigenvalue weighted by atomic mass is 9.92. The summed E-state index contributed by atoms with van der Waals surface area (Å²) in [5.74, 6) is 1.36. The highest BCUT2D eigenvalue weighted by Crippen LogP contribution is 2.31. The van der Waals surface area contributed by atoms with Crippen molar-refractivity contribution in [3.8, 4) is 17.3 Å². The summed E-state index contributed by atoms with van der Waals surface area (Å²) in [6.07, 6.45) is 7.55. The Hall–Kier alpha value is -1.89. The van der Waals surface area contributed by atoms with Crippen molar-refractivity contribution >= 4 is 34.2 Å². The van der Waals surface area contributed by atoms with Gasteiger partial charge in [0.1, 0.15) is 11.6 Å². The number of nitrogens with one attached hydrogen (secondary N) is 1. The van der Waals surface area contributed by atoms with Crippen molar-refractivity contribution in [2.24, 2.45) is 5.92 Å². The molecule has 0 unspecified atom stereocenters. The molecule has 0 radical (unpaired) electrons. The van der Waals surface area contributed by atoms with Gasteiger partial charge in [0.25, 0.3) is 0 Å². The number of hydrogen-bond acceptors (Lipinski definition) is 4. The van der Waals surface area contributed by atoms with E-state index < -0.39 is 5.82 Å². The van der Waals surface area contributed by atoms with Gasteiger partial charge >= 0.3 is 0 Å². The number of fused-ring (bicyclic) bond motifs is 1. The van der Waals surface area contributed by atoms with Gasteiger partial charge < -0.3 is 14.6 Å². The Balaban J connectivity index is 1.35. The summed E-state index contributed by atoms with van der Waals surface area (Å²) in [5.41, 5.74) is 1.78. The Bertz CT molecular complexity index is 979. The van der Waals surface area contributed by atoms with Crippen LogP contribution in [-0.2, 0) is 0 Å². The van der Waals surface area contributed by atoms with E-state index in [9.17, 15) is 4.39 Å². The molecular formula is C22H25Cl2FN4O. The number of likely N-dealkylation sites (tertiary alicyclic amines) is 1. The molecule has 0 bridgehead atoms. The number of nitrogens with zero attached hydrogens (tertiary/aromatic N) is 3. The second-order valence-corrected chi connectivity index (χ2v) is 8.78. The SMILES string of the molecule is CN1CCC(CCCCOc2cc(-c3nc4cc(Cl)c(F)cc4[nH]3)c(Cl)cn2)CC1. The van der Waals surface area contributed by atoms with Crippen LogP contribution < -0.4 is 4.74 Å². The zero-order chi connectivity index (χ0) is 21.1. The van der Waals surface area contributed by atoms with Crippen LogP contribution in [0.2, 0.25) is 10.0 Å². The van der Waals surface area contributed by atoms with Gasteiger partial charge in [-0.1, -0.05) is 29.6 Å². The van der Waals surface area contributed by atoms with Crippen molar-refractivity contribution in [2.75, 3.05) is 26.7 Å². The monoisotopic (exact) mass is 450 g/mol. The molecule has 4 rings (SSSR count). The molecule has 3 aromatic rings. The predicted molar refractivity (Wildman–Crippen MR) is 119 cm³/mol. The third-order valence-corrected chi connectivity index (χ3v) is 6.29. The topological polar surface area (TPSA) is 54.0 Å². The number of ether oxygens (including phenoxy) is 1. The fraction of sp³-hybridized carbons (Fsp3) is 0.455. The molecule has 0 aliphatic carbocycles. The fourth-order valence-electron chi connectivity index (χ4n) is 3.87. The van der Waals surface area contributed by atoms with E-state index in [-0.39, 0.29) is 5.02 Å². The maximum atomic E-state index is 13.7. The molecule has 1 fully saturated rings. The van der Waals surface area contributed by atoms with Crippen LogP contribution in [0, 0.1) is 11.7 Å². The number of H-pyrrole nitrogens is 1. The normalized spacial score (nSPS) is 15.7. The van der Waals surface area contributed by atoms with Crippen LogP contribution in [0.15, 0.2) is 24.4 Å². The van der Waals surface area contributed by atoms with Gasteiger partial charge in [-0.2, -0.15) is 0 Å². The Morgan fingerprint density at radius 2 is 1.97 bits per heavy atom. The minimum Gasteiger partial charge on any atom is -0.478 e. The van der Waals surface area contributed by atoms with E-state index in [1.54, 1.807) is 12.3 Å². The van der Waals surface area contributed by atoms with Crippen molar-refractivity contribution < 1.29 is 9.13 Å². The van der Waals surface area contributed by atoms with Crippen LogP contribution in [0.1, 0.15) is 32.1 Å². The van der Waals surface area contributed by atoms with E-state index >= 15 is 0 Å². The summed E-state index contributed by atoms with van der Waals surface area (Å²) in [6.45, 7) is 3.03. The summed E-state index contributed by atoms with van der Waals surface area (Å²) < 4.78 is 19.5. The first kappa shape index (κ1) is 21.3. The molecule has 8 heteroatoms. The van der Waals surface area contributed by atoms with Crippen LogP contribution in [0.4, 0.5) is 4.39 Å². The molecule has 1 aromatic carbocycles. The van der Waals surface area contributed by atoms with Crippen LogP contribution >= 0.6 is 23.2 Å². The average molecular weight is 451 g/mol. The molecule has 160 valence electrons. The Morgan fingerprint density at radius 3 is 2.77 bits per heavy atom. The largest absolute Gasteiger partial charge is 0.478 e. The molecule has 1 saturated heterocycles. The van der Waals surface area contributed by atoms with Gasteiger partial charge in [0.2, 0.25) is 5.88 Å². The number of piperidine rings is 1. The molecule has 0 spiro atoms. The van der Waals surface area contributed by atoms with Gasteiger partial charge in [-0.05, 0) is 57.8 Å². The highest BCUT2D eigenvalue weighted by atomic mass is 35.5. The van der Waals surface area contributed by atoms with Crippen LogP contribution in [-0.4, -0.2) is 46.6 Å². The standard InChI is InChI=1S/C22H25Cl2FN4O/c1-29-7-5-14(6-8-29)4-2-3-9-30-21-10-15(17(24)13-26-21)22-27-19-11-16(23)18(25)12-20(19)28-22/h10-14H,2-9H2,1H3,(H,27,28). The van der Waals surface area contributed by atoms with Crippen molar-refractivity contribution in [3.63, 3.8) is 0 Å². The zero-order valence-corrected chi connectivity index (χ0v) is 18.4. The minimum absolute atomic E-state index is 0.0330. The third-order valence-electron chi connectivity index (χ3n) is 5.70. The van der Waals surface area contributed by atoms with E-state index in [2.05, 4.69) is 26.9 Å². The molecule has 1 aliphatic heterocycles. The van der Waals surface area contributed by atoms with Crippen molar-refractivity contribution in [2.45, 2.75) is 32.1 Å². The van der Waals surface area contributed by atoms with E-state index in [1.165, 1.54) is 44.5 Å².